The fourth-order valence-electron chi connectivity index (χ4n) is 3.97. The van der Waals surface area contributed by atoms with E-state index in [1.165, 1.54) is 44.3 Å². The van der Waals surface area contributed by atoms with Crippen LogP contribution in [0.1, 0.15) is 65.1 Å². The summed E-state index contributed by atoms with van der Waals surface area (Å²) in [5.41, 5.74) is 0. The lowest BCUT2D eigenvalue weighted by atomic mass is 9.76. The standard InChI is InChI=1S/C18H33N3/c1-4-7-15-8-10-16(11-9-15)17(19-5-2)14-18-20-12-13-21(18)6-3/h12-13,15-17,19H,4-11,14H2,1-3H3. The molecule has 1 atom stereocenters. The summed E-state index contributed by atoms with van der Waals surface area (Å²) in [6.07, 6.45) is 13.6. The summed E-state index contributed by atoms with van der Waals surface area (Å²) in [5.74, 6) is 3.07. The number of hydrogen-bond donors (Lipinski definition) is 1. The largest absolute Gasteiger partial charge is 0.335 e. The first kappa shape index (κ1) is 16.5. The van der Waals surface area contributed by atoms with Crippen LogP contribution in [0.15, 0.2) is 12.4 Å². The van der Waals surface area contributed by atoms with Crippen molar-refractivity contribution in [3.63, 3.8) is 0 Å². The van der Waals surface area contributed by atoms with Gasteiger partial charge in [-0.25, -0.2) is 4.98 Å². The Hall–Kier alpha value is -0.830. The van der Waals surface area contributed by atoms with Gasteiger partial charge in [0.2, 0.25) is 0 Å². The highest BCUT2D eigenvalue weighted by Gasteiger charge is 2.27. The average Bonchev–Trinajstić information content (AvgIpc) is 2.95. The van der Waals surface area contributed by atoms with Gasteiger partial charge in [-0.15, -0.1) is 0 Å². The fraction of sp³-hybridized carbons (Fsp3) is 0.833. The van der Waals surface area contributed by atoms with Gasteiger partial charge < -0.3 is 9.88 Å². The summed E-state index contributed by atoms with van der Waals surface area (Å²) in [6, 6.07) is 0.602. The Labute approximate surface area is 130 Å². The molecule has 0 amide bonds. The highest BCUT2D eigenvalue weighted by Crippen LogP contribution is 2.34. The first-order valence-corrected chi connectivity index (χ1v) is 9.01. The van der Waals surface area contributed by atoms with Crippen LogP contribution >= 0.6 is 0 Å². The number of aryl methyl sites for hydroxylation is 1. The Bertz CT molecular complexity index is 391. The van der Waals surface area contributed by atoms with Crippen LogP contribution < -0.4 is 5.32 Å². The third kappa shape index (κ3) is 4.57. The number of rotatable bonds is 8. The summed E-state index contributed by atoms with van der Waals surface area (Å²) in [4.78, 5) is 4.57. The summed E-state index contributed by atoms with van der Waals surface area (Å²) >= 11 is 0. The van der Waals surface area contributed by atoms with Crippen LogP contribution in [0.2, 0.25) is 0 Å². The summed E-state index contributed by atoms with van der Waals surface area (Å²) < 4.78 is 2.28. The van der Waals surface area contributed by atoms with Crippen molar-refractivity contribution >= 4 is 0 Å². The topological polar surface area (TPSA) is 29.9 Å². The van der Waals surface area contributed by atoms with E-state index in [0.717, 1.165) is 31.3 Å². The van der Waals surface area contributed by atoms with Crippen LogP contribution in [0.3, 0.4) is 0 Å². The molecule has 0 bridgehead atoms. The molecule has 0 saturated heterocycles. The van der Waals surface area contributed by atoms with Gasteiger partial charge in [-0.2, -0.15) is 0 Å². The molecule has 2 rings (SSSR count). The van der Waals surface area contributed by atoms with E-state index in [9.17, 15) is 0 Å². The molecule has 1 N–H and O–H groups in total. The molecule has 0 radical (unpaired) electrons. The Morgan fingerprint density at radius 3 is 2.62 bits per heavy atom. The molecule has 0 aromatic carbocycles. The molecule has 0 spiro atoms. The number of likely N-dealkylation sites (N-methyl/N-ethyl adjacent to an activating group) is 1. The molecule has 1 aromatic rings. The molecule has 1 heterocycles. The maximum Gasteiger partial charge on any atom is 0.110 e. The lowest BCUT2D eigenvalue weighted by molar-refractivity contribution is 0.211. The highest BCUT2D eigenvalue weighted by atomic mass is 15.1. The van der Waals surface area contributed by atoms with Crippen molar-refractivity contribution in [2.24, 2.45) is 11.8 Å². The van der Waals surface area contributed by atoms with Crippen LogP contribution in [0.5, 0.6) is 0 Å². The van der Waals surface area contributed by atoms with Gasteiger partial charge in [0.15, 0.2) is 0 Å². The van der Waals surface area contributed by atoms with Crippen molar-refractivity contribution in [3.8, 4) is 0 Å². The van der Waals surface area contributed by atoms with E-state index in [-0.39, 0.29) is 0 Å². The number of nitrogens with zero attached hydrogens (tertiary/aromatic N) is 2. The van der Waals surface area contributed by atoms with Gasteiger partial charge in [0.05, 0.1) is 0 Å². The van der Waals surface area contributed by atoms with Crippen molar-refractivity contribution in [3.05, 3.63) is 18.2 Å². The molecular formula is C18H33N3. The maximum absolute atomic E-state index is 4.57. The molecule has 1 aliphatic carbocycles. The highest BCUT2D eigenvalue weighted by molar-refractivity contribution is 4.97. The van der Waals surface area contributed by atoms with Gasteiger partial charge in [0, 0.05) is 31.4 Å². The normalized spacial score (nSPS) is 24.1. The predicted octanol–water partition coefficient (Wildman–Crippen LogP) is 4.03. The molecule has 1 fully saturated rings. The minimum atomic E-state index is 0.602. The number of nitrogens with one attached hydrogen (secondary N) is 1. The zero-order valence-electron chi connectivity index (χ0n) is 14.1. The number of imidazole rings is 1. The maximum atomic E-state index is 4.57. The van der Waals surface area contributed by atoms with Gasteiger partial charge in [-0.3, -0.25) is 0 Å². The zero-order valence-corrected chi connectivity index (χ0v) is 14.1. The molecule has 1 aliphatic rings. The Morgan fingerprint density at radius 1 is 1.24 bits per heavy atom. The second-order valence-corrected chi connectivity index (χ2v) is 6.57. The van der Waals surface area contributed by atoms with Crippen molar-refractivity contribution in [1.82, 2.24) is 14.9 Å². The van der Waals surface area contributed by atoms with E-state index in [1.807, 2.05) is 6.20 Å². The molecule has 120 valence electrons. The third-order valence-corrected chi connectivity index (χ3v) is 5.17. The van der Waals surface area contributed by atoms with Crippen molar-refractivity contribution in [2.75, 3.05) is 6.54 Å². The van der Waals surface area contributed by atoms with Gasteiger partial charge in [0.25, 0.3) is 0 Å². The second-order valence-electron chi connectivity index (χ2n) is 6.57. The number of aromatic nitrogens is 2. The molecule has 3 heteroatoms. The average molecular weight is 291 g/mol. The van der Waals surface area contributed by atoms with Gasteiger partial charge in [0.1, 0.15) is 5.82 Å². The van der Waals surface area contributed by atoms with Crippen molar-refractivity contribution in [2.45, 2.75) is 78.3 Å². The van der Waals surface area contributed by atoms with Gasteiger partial charge in [-0.1, -0.05) is 39.5 Å². The summed E-state index contributed by atoms with van der Waals surface area (Å²) in [7, 11) is 0. The molecule has 3 nitrogen and oxygen atoms in total. The minimum Gasteiger partial charge on any atom is -0.335 e. The Morgan fingerprint density at radius 2 is 2.00 bits per heavy atom. The van der Waals surface area contributed by atoms with E-state index in [4.69, 9.17) is 0 Å². The first-order valence-electron chi connectivity index (χ1n) is 9.01. The van der Waals surface area contributed by atoms with E-state index in [2.05, 4.69) is 41.8 Å². The van der Waals surface area contributed by atoms with Gasteiger partial charge in [-0.05, 0) is 38.1 Å². The fourth-order valence-corrected chi connectivity index (χ4v) is 3.97. The van der Waals surface area contributed by atoms with E-state index < -0.39 is 0 Å². The minimum absolute atomic E-state index is 0.602. The van der Waals surface area contributed by atoms with Crippen molar-refractivity contribution < 1.29 is 0 Å². The molecule has 1 unspecified atom stereocenters. The van der Waals surface area contributed by atoms with Gasteiger partial charge >= 0.3 is 0 Å². The molecular weight excluding hydrogens is 258 g/mol. The van der Waals surface area contributed by atoms with Crippen LogP contribution in [0.25, 0.3) is 0 Å². The molecule has 1 aromatic heterocycles. The molecule has 0 aliphatic heterocycles. The molecule has 21 heavy (non-hydrogen) atoms. The Balaban J connectivity index is 1.93. The molecule has 1 saturated carbocycles. The second kappa shape index (κ2) is 8.57. The summed E-state index contributed by atoms with van der Waals surface area (Å²) in [5, 5.41) is 3.74. The first-order chi connectivity index (χ1) is 10.3. The monoisotopic (exact) mass is 291 g/mol. The summed E-state index contributed by atoms with van der Waals surface area (Å²) in [6.45, 7) is 8.83. The predicted molar refractivity (Wildman–Crippen MR) is 89.4 cm³/mol. The van der Waals surface area contributed by atoms with E-state index in [1.54, 1.807) is 0 Å². The van der Waals surface area contributed by atoms with Crippen LogP contribution in [-0.2, 0) is 13.0 Å². The lowest BCUT2D eigenvalue weighted by Gasteiger charge is -2.34. The Kier molecular flexibility index (Phi) is 6.75. The SMILES string of the molecule is CCCC1CCC(C(Cc2nccn2CC)NCC)CC1. The quantitative estimate of drug-likeness (QED) is 0.783. The lowest BCUT2D eigenvalue weighted by Crippen LogP contribution is -2.40. The van der Waals surface area contributed by atoms with Crippen molar-refractivity contribution in [1.29, 1.82) is 0 Å². The van der Waals surface area contributed by atoms with E-state index >= 15 is 0 Å². The smallest absolute Gasteiger partial charge is 0.110 e. The van der Waals surface area contributed by atoms with Crippen LogP contribution in [-0.4, -0.2) is 22.1 Å². The third-order valence-electron chi connectivity index (χ3n) is 5.17. The number of hydrogen-bond acceptors (Lipinski definition) is 2. The van der Waals surface area contributed by atoms with Crippen LogP contribution in [0, 0.1) is 11.8 Å². The zero-order chi connectivity index (χ0) is 15.1. The van der Waals surface area contributed by atoms with Crippen LogP contribution in [0.4, 0.5) is 0 Å². The van der Waals surface area contributed by atoms with E-state index in [0.29, 0.717) is 6.04 Å².